The monoisotopic (exact) mass is 397 g/mol. The molecule has 1 fully saturated rings. The number of anilines is 1. The molecular weight excluding hydrogens is 373 g/mol. The molecule has 8 heteroatoms. The minimum absolute atomic E-state index is 0.281. The molecule has 1 N–H and O–H groups in total. The molecule has 0 unspecified atom stereocenters. The molecule has 0 saturated carbocycles. The second-order valence-corrected chi connectivity index (χ2v) is 8.09. The topological polar surface area (TPSA) is 74.3 Å². The lowest BCUT2D eigenvalue weighted by atomic mass is 10.2. The molecule has 152 valence electrons. The van der Waals surface area contributed by atoms with Crippen molar-refractivity contribution in [1.29, 1.82) is 0 Å². The molecule has 3 heterocycles. The van der Waals surface area contributed by atoms with Crippen LogP contribution in [0.1, 0.15) is 20.8 Å². The van der Waals surface area contributed by atoms with Gasteiger partial charge in [0.25, 0.3) is 0 Å². The van der Waals surface area contributed by atoms with Gasteiger partial charge in [0.2, 0.25) is 0 Å². The smallest absolute Gasteiger partial charge is 0.410 e. The van der Waals surface area contributed by atoms with Gasteiger partial charge in [-0.3, -0.25) is 0 Å². The molecule has 1 aromatic carbocycles. The number of aromatic nitrogens is 3. The number of fused-ring (bicyclic) bond motifs is 1. The third-order valence-corrected chi connectivity index (χ3v) is 4.70. The summed E-state index contributed by atoms with van der Waals surface area (Å²) in [6.45, 7) is 8.10. The number of piperazine rings is 1. The second kappa shape index (κ2) is 7.35. The van der Waals surface area contributed by atoms with Crippen molar-refractivity contribution in [1.82, 2.24) is 19.9 Å². The lowest BCUT2D eigenvalue weighted by Gasteiger charge is -2.36. The van der Waals surface area contributed by atoms with Crippen LogP contribution >= 0.6 is 0 Å². The quantitative estimate of drug-likeness (QED) is 0.712. The zero-order valence-electron chi connectivity index (χ0n) is 16.8. The number of carbonyl (C=O) groups excluding carboxylic acids is 1. The maximum atomic E-state index is 13.1. The molecule has 2 aromatic heterocycles. The Labute approximate surface area is 168 Å². The van der Waals surface area contributed by atoms with Gasteiger partial charge in [0.1, 0.15) is 23.1 Å². The zero-order valence-corrected chi connectivity index (χ0v) is 16.8. The number of amides is 1. The van der Waals surface area contributed by atoms with Gasteiger partial charge in [-0.1, -0.05) is 0 Å². The van der Waals surface area contributed by atoms with Gasteiger partial charge in [-0.2, -0.15) is 0 Å². The first kappa shape index (κ1) is 19.2. The molecular formula is C21H24FN5O2. The van der Waals surface area contributed by atoms with E-state index in [9.17, 15) is 9.18 Å². The van der Waals surface area contributed by atoms with Crippen LogP contribution in [0.15, 0.2) is 36.4 Å². The van der Waals surface area contributed by atoms with Crippen molar-refractivity contribution >= 4 is 23.1 Å². The van der Waals surface area contributed by atoms with E-state index in [0.717, 1.165) is 16.9 Å². The lowest BCUT2D eigenvalue weighted by molar-refractivity contribution is 0.0240. The van der Waals surface area contributed by atoms with Gasteiger partial charge in [0.15, 0.2) is 5.65 Å². The number of imidazole rings is 1. The van der Waals surface area contributed by atoms with Gasteiger partial charge in [0, 0.05) is 31.7 Å². The van der Waals surface area contributed by atoms with Gasteiger partial charge in [-0.15, -0.1) is 0 Å². The van der Waals surface area contributed by atoms with E-state index in [-0.39, 0.29) is 11.9 Å². The summed E-state index contributed by atoms with van der Waals surface area (Å²) in [5.74, 6) is 1.19. The third kappa shape index (κ3) is 4.31. The van der Waals surface area contributed by atoms with Gasteiger partial charge in [-0.25, -0.2) is 19.2 Å². The van der Waals surface area contributed by atoms with Gasteiger partial charge in [-0.05, 0) is 57.2 Å². The van der Waals surface area contributed by atoms with Crippen LogP contribution in [0.4, 0.5) is 15.0 Å². The van der Waals surface area contributed by atoms with Crippen molar-refractivity contribution in [3.8, 4) is 11.4 Å². The van der Waals surface area contributed by atoms with Crippen molar-refractivity contribution in [2.45, 2.75) is 26.4 Å². The average molecular weight is 397 g/mol. The Bertz CT molecular complexity index is 1020. The molecule has 1 saturated heterocycles. The van der Waals surface area contributed by atoms with Crippen molar-refractivity contribution < 1.29 is 13.9 Å². The standard InChI is InChI=1S/C21H24FN5O2/c1-21(2,3)29-20(28)27-12-10-26(11-13-27)17-9-8-16-19(24-17)25-18(23-16)14-4-6-15(22)7-5-14/h4-9H,10-13H2,1-3H3,(H,23,24,25). The zero-order chi connectivity index (χ0) is 20.6. The molecule has 3 aromatic rings. The number of rotatable bonds is 2. The molecule has 0 radical (unpaired) electrons. The largest absolute Gasteiger partial charge is 0.444 e. The number of nitrogens with zero attached hydrogens (tertiary/aromatic N) is 4. The Hall–Kier alpha value is -3.16. The van der Waals surface area contributed by atoms with Crippen LogP contribution in [0.3, 0.4) is 0 Å². The van der Waals surface area contributed by atoms with Crippen LogP contribution in [0.5, 0.6) is 0 Å². The predicted octanol–water partition coefficient (Wildman–Crippen LogP) is 3.82. The third-order valence-electron chi connectivity index (χ3n) is 4.70. The summed E-state index contributed by atoms with van der Waals surface area (Å²) in [5, 5.41) is 0. The Morgan fingerprint density at radius 3 is 2.38 bits per heavy atom. The molecule has 0 atom stereocenters. The summed E-state index contributed by atoms with van der Waals surface area (Å²) in [6.07, 6.45) is -0.281. The van der Waals surface area contributed by atoms with Gasteiger partial charge in [0.05, 0.1) is 5.52 Å². The fourth-order valence-electron chi connectivity index (χ4n) is 3.25. The average Bonchev–Trinajstić information content (AvgIpc) is 3.10. The van der Waals surface area contributed by atoms with Crippen molar-refractivity contribution in [2.75, 3.05) is 31.1 Å². The van der Waals surface area contributed by atoms with Crippen LogP contribution < -0.4 is 4.90 Å². The SMILES string of the molecule is CC(C)(C)OC(=O)N1CCN(c2ccc3[nH]c(-c4ccc(F)cc4)nc3n2)CC1. The van der Waals surface area contributed by atoms with E-state index < -0.39 is 5.60 Å². The highest BCUT2D eigenvalue weighted by molar-refractivity contribution is 5.77. The van der Waals surface area contributed by atoms with E-state index in [0.29, 0.717) is 37.7 Å². The minimum Gasteiger partial charge on any atom is -0.444 e. The van der Waals surface area contributed by atoms with E-state index in [2.05, 4.69) is 19.9 Å². The van der Waals surface area contributed by atoms with Crippen LogP contribution in [-0.2, 0) is 4.74 Å². The van der Waals surface area contributed by atoms with Crippen LogP contribution in [0.25, 0.3) is 22.6 Å². The highest BCUT2D eigenvalue weighted by Crippen LogP contribution is 2.23. The first-order valence-corrected chi connectivity index (χ1v) is 9.64. The number of hydrogen-bond acceptors (Lipinski definition) is 5. The Morgan fingerprint density at radius 1 is 1.03 bits per heavy atom. The molecule has 7 nitrogen and oxygen atoms in total. The first-order chi connectivity index (χ1) is 13.8. The first-order valence-electron chi connectivity index (χ1n) is 9.64. The maximum Gasteiger partial charge on any atom is 0.410 e. The summed E-state index contributed by atoms with van der Waals surface area (Å²) < 4.78 is 18.6. The van der Waals surface area contributed by atoms with E-state index in [1.54, 1.807) is 17.0 Å². The van der Waals surface area contributed by atoms with E-state index in [4.69, 9.17) is 4.74 Å². The summed E-state index contributed by atoms with van der Waals surface area (Å²) in [6, 6.07) is 10.1. The van der Waals surface area contributed by atoms with Crippen molar-refractivity contribution in [2.24, 2.45) is 0 Å². The van der Waals surface area contributed by atoms with E-state index in [1.165, 1.54) is 12.1 Å². The van der Waals surface area contributed by atoms with Crippen LogP contribution in [-0.4, -0.2) is 57.7 Å². The van der Waals surface area contributed by atoms with Crippen LogP contribution in [0.2, 0.25) is 0 Å². The number of carbonyl (C=O) groups is 1. The normalized spacial score (nSPS) is 15.0. The Kier molecular flexibility index (Phi) is 4.86. The number of H-pyrrole nitrogens is 1. The highest BCUT2D eigenvalue weighted by Gasteiger charge is 2.26. The molecule has 1 aliphatic heterocycles. The number of pyridine rings is 1. The van der Waals surface area contributed by atoms with E-state index >= 15 is 0 Å². The highest BCUT2D eigenvalue weighted by atomic mass is 19.1. The Balaban J connectivity index is 1.46. The molecule has 0 bridgehead atoms. The Morgan fingerprint density at radius 2 is 1.72 bits per heavy atom. The number of nitrogens with one attached hydrogen (secondary N) is 1. The lowest BCUT2D eigenvalue weighted by Crippen LogP contribution is -2.50. The fraction of sp³-hybridized carbons (Fsp3) is 0.381. The molecule has 0 spiro atoms. The summed E-state index contributed by atoms with van der Waals surface area (Å²) in [7, 11) is 0. The summed E-state index contributed by atoms with van der Waals surface area (Å²) in [4.78, 5) is 28.5. The predicted molar refractivity (Wildman–Crippen MR) is 109 cm³/mol. The molecule has 4 rings (SSSR count). The summed E-state index contributed by atoms with van der Waals surface area (Å²) in [5.41, 5.74) is 1.73. The number of aromatic amines is 1. The molecule has 1 amide bonds. The van der Waals surface area contributed by atoms with Gasteiger partial charge >= 0.3 is 6.09 Å². The minimum atomic E-state index is -0.497. The number of ether oxygens (including phenoxy) is 1. The number of halogens is 1. The summed E-state index contributed by atoms with van der Waals surface area (Å²) >= 11 is 0. The number of benzene rings is 1. The van der Waals surface area contributed by atoms with Crippen LogP contribution in [0, 0.1) is 5.82 Å². The van der Waals surface area contributed by atoms with Gasteiger partial charge < -0.3 is 19.5 Å². The fourth-order valence-corrected chi connectivity index (χ4v) is 3.25. The second-order valence-electron chi connectivity index (χ2n) is 8.09. The maximum absolute atomic E-state index is 13.1. The molecule has 29 heavy (non-hydrogen) atoms. The van der Waals surface area contributed by atoms with E-state index in [1.807, 2.05) is 32.9 Å². The molecule has 0 aliphatic carbocycles. The number of hydrogen-bond donors (Lipinski definition) is 1. The van der Waals surface area contributed by atoms with Crippen molar-refractivity contribution in [3.05, 3.63) is 42.2 Å². The van der Waals surface area contributed by atoms with Crippen molar-refractivity contribution in [3.63, 3.8) is 0 Å². The molecule has 1 aliphatic rings.